The Labute approximate surface area is 55.0 Å². The Balaban J connectivity index is 3.96. The second kappa shape index (κ2) is 5.15. The largest absolute Gasteiger partial charge is 0.289 e. The average molecular weight is 125 g/mol. The molecule has 0 amide bonds. The first kappa shape index (κ1) is 8.01. The van der Waals surface area contributed by atoms with E-state index in [1.165, 1.54) is 0 Å². The highest BCUT2D eigenvalue weighted by Gasteiger charge is 1.84. The Morgan fingerprint density at radius 2 is 2.33 bits per heavy atom. The normalized spacial score (nSPS) is 12.4. The minimum absolute atomic E-state index is 0.701. The van der Waals surface area contributed by atoms with E-state index in [-0.39, 0.29) is 0 Å². The van der Waals surface area contributed by atoms with Crippen LogP contribution in [0.3, 0.4) is 0 Å². The van der Waals surface area contributed by atoms with Crippen LogP contribution in [0.2, 0.25) is 0 Å². The van der Waals surface area contributed by atoms with Crippen molar-refractivity contribution in [1.82, 2.24) is 0 Å². The van der Waals surface area contributed by atoms with E-state index in [0.717, 1.165) is 12.8 Å². The summed E-state index contributed by atoms with van der Waals surface area (Å²) in [6.07, 6.45) is 3.46. The van der Waals surface area contributed by atoms with Crippen LogP contribution in [0.5, 0.6) is 0 Å². The van der Waals surface area contributed by atoms with Gasteiger partial charge in [0.05, 0.1) is 0 Å². The third-order valence-electron chi connectivity index (χ3n) is 0.808. The van der Waals surface area contributed by atoms with Crippen molar-refractivity contribution >= 4 is 18.4 Å². The number of hydrogen-bond acceptors (Lipinski definition) is 1. The molecule has 0 aromatic heterocycles. The number of hydrogen-bond donors (Lipinski definition) is 1. The third kappa shape index (κ3) is 3.58. The molecule has 1 N–H and O–H groups in total. The van der Waals surface area contributed by atoms with E-state index in [1.54, 1.807) is 6.21 Å². The van der Waals surface area contributed by atoms with Crippen LogP contribution in [0.15, 0.2) is 9.98 Å². The molecule has 0 atom stereocenters. The van der Waals surface area contributed by atoms with E-state index in [1.807, 2.05) is 13.8 Å². The van der Waals surface area contributed by atoms with Gasteiger partial charge in [-0.15, -0.1) is 0 Å². The fraction of sp³-hybridized carbons (Fsp3) is 0.500. The number of nitrogens with one attached hydrogen (secondary N) is 1. The van der Waals surface area contributed by atoms with Gasteiger partial charge in [-0.05, 0) is 6.92 Å². The summed E-state index contributed by atoms with van der Waals surface area (Å²) in [5, 5.41) is 6.63. The minimum Gasteiger partial charge on any atom is -0.289 e. The molecule has 0 heterocycles. The molecule has 0 spiro atoms. The summed E-state index contributed by atoms with van der Waals surface area (Å²) in [6, 6.07) is 0. The number of amidine groups is 1. The number of nitrogens with zero attached hydrogens (tertiary/aromatic N) is 2. The van der Waals surface area contributed by atoms with Crippen molar-refractivity contribution in [2.75, 3.05) is 0 Å². The maximum absolute atomic E-state index is 6.63. The lowest BCUT2D eigenvalue weighted by Crippen LogP contribution is -1.90. The molecule has 0 aliphatic heterocycles. The fourth-order valence-electron chi connectivity index (χ4n) is 0.439. The van der Waals surface area contributed by atoms with Gasteiger partial charge in [0.25, 0.3) is 0 Å². The Hall–Kier alpha value is -0.990. The maximum atomic E-state index is 6.63. The summed E-state index contributed by atoms with van der Waals surface area (Å²) in [5.41, 5.74) is 0. The van der Waals surface area contributed by atoms with Crippen LogP contribution in [-0.2, 0) is 0 Å². The zero-order chi connectivity index (χ0) is 7.11. The molecule has 0 saturated heterocycles. The van der Waals surface area contributed by atoms with E-state index in [2.05, 4.69) is 9.98 Å². The lowest BCUT2D eigenvalue weighted by molar-refractivity contribution is 1.25. The first-order chi connectivity index (χ1) is 4.35. The second-order valence-corrected chi connectivity index (χ2v) is 1.42. The van der Waals surface area contributed by atoms with Crippen molar-refractivity contribution in [2.24, 2.45) is 9.98 Å². The molecule has 0 fully saturated rings. The maximum Gasteiger partial charge on any atom is 0.129 e. The summed E-state index contributed by atoms with van der Waals surface area (Å²) in [7, 11) is 0. The molecule has 0 aromatic rings. The van der Waals surface area contributed by atoms with Crippen LogP contribution in [0.25, 0.3) is 0 Å². The number of aliphatic imine (C=N–C) groups is 2. The predicted molar refractivity (Wildman–Crippen MR) is 40.7 cm³/mol. The van der Waals surface area contributed by atoms with Gasteiger partial charge in [-0.3, -0.25) is 5.41 Å². The Kier molecular flexibility index (Phi) is 4.59. The first-order valence-corrected chi connectivity index (χ1v) is 2.89. The molecule has 0 aliphatic carbocycles. The molecule has 0 saturated carbocycles. The monoisotopic (exact) mass is 125 g/mol. The molecule has 0 rings (SSSR count). The van der Waals surface area contributed by atoms with E-state index >= 15 is 0 Å². The van der Waals surface area contributed by atoms with Crippen molar-refractivity contribution in [3.05, 3.63) is 0 Å². The molecule has 0 radical (unpaired) electrons. The van der Waals surface area contributed by atoms with E-state index < -0.39 is 0 Å². The van der Waals surface area contributed by atoms with Gasteiger partial charge in [0, 0.05) is 12.6 Å². The van der Waals surface area contributed by atoms with Crippen LogP contribution in [0.4, 0.5) is 0 Å². The molecule has 3 heteroatoms. The van der Waals surface area contributed by atoms with Crippen LogP contribution in [-0.4, -0.2) is 18.4 Å². The molecule has 50 valence electrons. The van der Waals surface area contributed by atoms with E-state index in [4.69, 9.17) is 5.41 Å². The van der Waals surface area contributed by atoms with Gasteiger partial charge in [-0.1, -0.05) is 6.92 Å². The van der Waals surface area contributed by atoms with Crippen molar-refractivity contribution in [3.8, 4) is 0 Å². The standard InChI is InChI=1S/C6H11N3/c1-3-6(8-4-2)9-5-7/h4-5,7H,3H2,1-2H3/b7-5?,8-4-,9-6-. The highest BCUT2D eigenvalue weighted by atomic mass is 14.9. The topological polar surface area (TPSA) is 48.6 Å². The highest BCUT2D eigenvalue weighted by Crippen LogP contribution is 1.84. The first-order valence-electron chi connectivity index (χ1n) is 2.89. The zero-order valence-corrected chi connectivity index (χ0v) is 5.76. The molecule has 0 aromatic carbocycles. The Morgan fingerprint density at radius 1 is 1.67 bits per heavy atom. The summed E-state index contributed by atoms with van der Waals surface area (Å²) in [5.74, 6) is 0.701. The summed E-state index contributed by atoms with van der Waals surface area (Å²) >= 11 is 0. The van der Waals surface area contributed by atoms with Gasteiger partial charge >= 0.3 is 0 Å². The van der Waals surface area contributed by atoms with E-state index in [0.29, 0.717) is 5.84 Å². The molecule has 3 nitrogen and oxygen atoms in total. The minimum atomic E-state index is 0.701. The molecule has 0 unspecified atom stereocenters. The third-order valence-corrected chi connectivity index (χ3v) is 0.808. The van der Waals surface area contributed by atoms with Gasteiger partial charge in [0.1, 0.15) is 12.2 Å². The van der Waals surface area contributed by atoms with Crippen LogP contribution >= 0.6 is 0 Å². The van der Waals surface area contributed by atoms with Gasteiger partial charge < -0.3 is 0 Å². The van der Waals surface area contributed by atoms with Crippen molar-refractivity contribution in [2.45, 2.75) is 20.3 Å². The Bertz CT molecular complexity index is 135. The summed E-state index contributed by atoms with van der Waals surface area (Å²) < 4.78 is 0. The van der Waals surface area contributed by atoms with Crippen molar-refractivity contribution in [1.29, 1.82) is 5.41 Å². The summed E-state index contributed by atoms with van der Waals surface area (Å²) in [4.78, 5) is 7.60. The fourth-order valence-corrected chi connectivity index (χ4v) is 0.439. The lowest BCUT2D eigenvalue weighted by Gasteiger charge is -1.88. The van der Waals surface area contributed by atoms with Gasteiger partial charge in [-0.25, -0.2) is 9.98 Å². The van der Waals surface area contributed by atoms with Gasteiger partial charge in [0.15, 0.2) is 0 Å². The molecular weight excluding hydrogens is 114 g/mol. The quantitative estimate of drug-likeness (QED) is 0.429. The number of rotatable bonds is 2. The van der Waals surface area contributed by atoms with E-state index in [9.17, 15) is 0 Å². The van der Waals surface area contributed by atoms with Crippen LogP contribution < -0.4 is 0 Å². The highest BCUT2D eigenvalue weighted by molar-refractivity contribution is 5.93. The predicted octanol–water partition coefficient (Wildman–Crippen LogP) is 1.49. The van der Waals surface area contributed by atoms with Crippen LogP contribution in [0, 0.1) is 5.41 Å². The molecule has 0 bridgehead atoms. The van der Waals surface area contributed by atoms with Gasteiger partial charge in [0.2, 0.25) is 0 Å². The Morgan fingerprint density at radius 3 is 2.67 bits per heavy atom. The zero-order valence-electron chi connectivity index (χ0n) is 5.76. The van der Waals surface area contributed by atoms with Gasteiger partial charge in [-0.2, -0.15) is 0 Å². The lowest BCUT2D eigenvalue weighted by atomic mass is 10.4. The molecule has 0 aliphatic rings. The SMILES string of the molecule is C/C=N\C(CC)=N/C=N. The van der Waals surface area contributed by atoms with Crippen LogP contribution in [0.1, 0.15) is 20.3 Å². The molecular formula is C6H11N3. The average Bonchev–Trinajstić information content (AvgIpc) is 1.88. The smallest absolute Gasteiger partial charge is 0.129 e. The molecule has 9 heavy (non-hydrogen) atoms. The van der Waals surface area contributed by atoms with Crippen molar-refractivity contribution < 1.29 is 0 Å². The van der Waals surface area contributed by atoms with Crippen molar-refractivity contribution in [3.63, 3.8) is 0 Å². The summed E-state index contributed by atoms with van der Waals surface area (Å²) in [6.45, 7) is 3.78. The second-order valence-electron chi connectivity index (χ2n) is 1.42.